The van der Waals surface area contributed by atoms with Gasteiger partial charge >= 0.3 is 0 Å². The number of carbonyl (C=O) groups excluding carboxylic acids is 1. The van der Waals surface area contributed by atoms with Crippen LogP contribution in [0.1, 0.15) is 27.2 Å². The maximum Gasteiger partial charge on any atom is 0.255 e. The Kier molecular flexibility index (Phi) is 5.64. The monoisotopic (exact) mass is 384 g/mol. The van der Waals surface area contributed by atoms with E-state index in [4.69, 9.17) is 4.74 Å². The molecule has 0 bridgehead atoms. The van der Waals surface area contributed by atoms with Crippen LogP contribution < -0.4 is 10.1 Å². The number of thiazole rings is 1. The summed E-state index contributed by atoms with van der Waals surface area (Å²) in [4.78, 5) is 18.1. The summed E-state index contributed by atoms with van der Waals surface area (Å²) in [5.41, 5.74) is 4.42. The minimum absolute atomic E-state index is 0.151. The number of nitrogens with zero attached hydrogens (tertiary/aromatic N) is 1. The number of nitrogens with one attached hydrogen (secondary N) is 1. The third-order valence-electron chi connectivity index (χ3n) is 3.92. The van der Waals surface area contributed by atoms with E-state index in [1.165, 1.54) is 0 Å². The Balaban J connectivity index is 1.74. The molecule has 0 atom stereocenters. The number of carbonyl (C=O) groups is 1. The van der Waals surface area contributed by atoms with Crippen molar-refractivity contribution in [1.29, 1.82) is 0 Å². The number of hydrogen-bond acceptors (Lipinski definition) is 5. The first kappa shape index (κ1) is 18.5. The molecule has 1 aromatic heterocycles. The predicted octanol–water partition coefficient (Wildman–Crippen LogP) is 5.48. The molecule has 0 aliphatic rings. The zero-order valence-corrected chi connectivity index (χ0v) is 16.8. The molecular weight excluding hydrogens is 364 g/mol. The standard InChI is InChI=1S/C20H20N2O2S2/c1-12-5-6-15(10-18(12)24-4)19(23)22-17-8-7-16(9-13(17)2)26-20-21-14(3)11-25-20/h5-11H,1-4H3,(H,22,23). The zero-order valence-electron chi connectivity index (χ0n) is 15.1. The second-order valence-electron chi connectivity index (χ2n) is 5.97. The molecule has 4 nitrogen and oxygen atoms in total. The van der Waals surface area contributed by atoms with Crippen LogP contribution in [0.2, 0.25) is 0 Å². The third-order valence-corrected chi connectivity index (χ3v) is 5.97. The summed E-state index contributed by atoms with van der Waals surface area (Å²) in [7, 11) is 1.61. The van der Waals surface area contributed by atoms with Gasteiger partial charge < -0.3 is 10.1 Å². The number of amides is 1. The Morgan fingerprint density at radius 3 is 2.58 bits per heavy atom. The quantitative estimate of drug-likeness (QED) is 0.633. The van der Waals surface area contributed by atoms with E-state index in [1.807, 2.05) is 44.4 Å². The second kappa shape index (κ2) is 7.93. The van der Waals surface area contributed by atoms with Crippen LogP contribution >= 0.6 is 23.1 Å². The van der Waals surface area contributed by atoms with Gasteiger partial charge in [-0.25, -0.2) is 4.98 Å². The maximum absolute atomic E-state index is 12.5. The van der Waals surface area contributed by atoms with Crippen molar-refractivity contribution in [2.45, 2.75) is 30.0 Å². The molecule has 6 heteroatoms. The first-order chi connectivity index (χ1) is 12.5. The average molecular weight is 385 g/mol. The van der Waals surface area contributed by atoms with Crippen molar-refractivity contribution in [3.63, 3.8) is 0 Å². The molecule has 1 N–H and O–H groups in total. The summed E-state index contributed by atoms with van der Waals surface area (Å²) in [5, 5.41) is 5.02. The van der Waals surface area contributed by atoms with Crippen LogP contribution in [0.5, 0.6) is 5.75 Å². The normalized spacial score (nSPS) is 10.6. The fourth-order valence-electron chi connectivity index (χ4n) is 2.48. The van der Waals surface area contributed by atoms with E-state index < -0.39 is 0 Å². The summed E-state index contributed by atoms with van der Waals surface area (Å²) in [6.45, 7) is 5.93. The third kappa shape index (κ3) is 4.26. The van der Waals surface area contributed by atoms with Crippen molar-refractivity contribution in [3.8, 4) is 5.75 Å². The number of rotatable bonds is 5. The molecule has 1 heterocycles. The lowest BCUT2D eigenvalue weighted by atomic mass is 10.1. The number of aryl methyl sites for hydroxylation is 3. The lowest BCUT2D eigenvalue weighted by Crippen LogP contribution is -2.13. The van der Waals surface area contributed by atoms with Crippen molar-refractivity contribution < 1.29 is 9.53 Å². The number of hydrogen-bond donors (Lipinski definition) is 1. The van der Waals surface area contributed by atoms with Gasteiger partial charge in [-0.15, -0.1) is 11.3 Å². The Morgan fingerprint density at radius 1 is 1.12 bits per heavy atom. The highest BCUT2D eigenvalue weighted by Gasteiger charge is 2.11. The smallest absolute Gasteiger partial charge is 0.255 e. The average Bonchev–Trinajstić information content (AvgIpc) is 3.02. The molecule has 0 aliphatic carbocycles. The molecule has 0 unspecified atom stereocenters. The van der Waals surface area contributed by atoms with Crippen LogP contribution in [0.15, 0.2) is 51.0 Å². The number of aromatic nitrogens is 1. The highest BCUT2D eigenvalue weighted by molar-refractivity contribution is 8.01. The highest BCUT2D eigenvalue weighted by atomic mass is 32.2. The lowest BCUT2D eigenvalue weighted by molar-refractivity contribution is 0.102. The van der Waals surface area contributed by atoms with Gasteiger partial charge in [0, 0.05) is 27.2 Å². The molecule has 3 aromatic rings. The molecule has 0 saturated heterocycles. The Morgan fingerprint density at radius 2 is 1.92 bits per heavy atom. The van der Waals surface area contributed by atoms with E-state index in [9.17, 15) is 4.79 Å². The molecule has 0 spiro atoms. The molecule has 3 rings (SSSR count). The first-order valence-corrected chi connectivity index (χ1v) is 9.82. The van der Waals surface area contributed by atoms with Crippen LogP contribution in [0.25, 0.3) is 0 Å². The van der Waals surface area contributed by atoms with E-state index in [2.05, 4.69) is 16.4 Å². The van der Waals surface area contributed by atoms with Crippen LogP contribution in [0, 0.1) is 20.8 Å². The summed E-state index contributed by atoms with van der Waals surface area (Å²) < 4.78 is 6.31. The molecule has 2 aromatic carbocycles. The molecule has 134 valence electrons. The maximum atomic E-state index is 12.5. The Labute approximate surface area is 161 Å². The topological polar surface area (TPSA) is 51.2 Å². The largest absolute Gasteiger partial charge is 0.496 e. The lowest BCUT2D eigenvalue weighted by Gasteiger charge is -2.11. The number of methoxy groups -OCH3 is 1. The molecule has 0 fully saturated rings. The SMILES string of the molecule is COc1cc(C(=O)Nc2ccc(Sc3nc(C)cs3)cc2C)ccc1C. The molecular formula is C20H20N2O2S2. The zero-order chi connectivity index (χ0) is 18.7. The summed E-state index contributed by atoms with van der Waals surface area (Å²) >= 11 is 3.27. The minimum atomic E-state index is -0.151. The van der Waals surface area contributed by atoms with Crippen molar-refractivity contribution in [1.82, 2.24) is 4.98 Å². The van der Waals surface area contributed by atoms with Crippen molar-refractivity contribution in [2.24, 2.45) is 0 Å². The van der Waals surface area contributed by atoms with Gasteiger partial charge in [0.1, 0.15) is 5.75 Å². The van der Waals surface area contributed by atoms with Crippen LogP contribution in [0.3, 0.4) is 0 Å². The second-order valence-corrected chi connectivity index (χ2v) is 8.15. The van der Waals surface area contributed by atoms with E-state index in [0.29, 0.717) is 11.3 Å². The molecule has 1 amide bonds. The summed E-state index contributed by atoms with van der Waals surface area (Å²) in [6.07, 6.45) is 0. The van der Waals surface area contributed by atoms with Crippen molar-refractivity contribution in [3.05, 3.63) is 64.2 Å². The van der Waals surface area contributed by atoms with Gasteiger partial charge in [0.25, 0.3) is 5.91 Å². The van der Waals surface area contributed by atoms with Gasteiger partial charge in [-0.1, -0.05) is 17.8 Å². The van der Waals surface area contributed by atoms with Gasteiger partial charge in [0.2, 0.25) is 0 Å². The van der Waals surface area contributed by atoms with Gasteiger partial charge in [0.15, 0.2) is 4.34 Å². The van der Waals surface area contributed by atoms with E-state index in [-0.39, 0.29) is 5.91 Å². The number of ether oxygens (including phenoxy) is 1. The first-order valence-electron chi connectivity index (χ1n) is 8.13. The highest BCUT2D eigenvalue weighted by Crippen LogP contribution is 2.32. The van der Waals surface area contributed by atoms with Crippen LogP contribution in [-0.2, 0) is 0 Å². The Bertz CT molecular complexity index is 951. The van der Waals surface area contributed by atoms with Gasteiger partial charge in [-0.3, -0.25) is 4.79 Å². The van der Waals surface area contributed by atoms with Crippen LogP contribution in [0.4, 0.5) is 5.69 Å². The summed E-state index contributed by atoms with van der Waals surface area (Å²) in [6, 6.07) is 11.4. The van der Waals surface area contributed by atoms with Crippen molar-refractivity contribution >= 4 is 34.7 Å². The molecule has 0 radical (unpaired) electrons. The molecule has 0 aliphatic heterocycles. The molecule has 0 saturated carbocycles. The van der Waals surface area contributed by atoms with E-state index in [0.717, 1.165) is 31.7 Å². The number of benzene rings is 2. The Hall–Kier alpha value is -2.31. The van der Waals surface area contributed by atoms with Gasteiger partial charge in [0.05, 0.1) is 7.11 Å². The fourth-order valence-corrected chi connectivity index (χ4v) is 4.38. The minimum Gasteiger partial charge on any atom is -0.496 e. The van der Waals surface area contributed by atoms with Crippen LogP contribution in [-0.4, -0.2) is 18.0 Å². The van der Waals surface area contributed by atoms with Gasteiger partial charge in [-0.05, 0) is 62.2 Å². The molecule has 26 heavy (non-hydrogen) atoms. The fraction of sp³-hybridized carbons (Fsp3) is 0.200. The van der Waals surface area contributed by atoms with Crippen molar-refractivity contribution in [2.75, 3.05) is 12.4 Å². The van der Waals surface area contributed by atoms with E-state index in [1.54, 1.807) is 42.3 Å². The summed E-state index contributed by atoms with van der Waals surface area (Å²) in [5.74, 6) is 0.558. The van der Waals surface area contributed by atoms with Gasteiger partial charge in [-0.2, -0.15) is 0 Å². The number of anilines is 1. The predicted molar refractivity (Wildman–Crippen MR) is 108 cm³/mol. The van der Waals surface area contributed by atoms with E-state index >= 15 is 0 Å².